The van der Waals surface area contributed by atoms with Crippen molar-refractivity contribution < 1.29 is 0 Å². The summed E-state index contributed by atoms with van der Waals surface area (Å²) < 4.78 is 0. The van der Waals surface area contributed by atoms with E-state index in [4.69, 9.17) is 0 Å². The fraction of sp³-hybridized carbons (Fsp3) is 1.00. The van der Waals surface area contributed by atoms with Crippen LogP contribution in [0.2, 0.25) is 0 Å². The van der Waals surface area contributed by atoms with Gasteiger partial charge in [-0.25, -0.2) is 0 Å². The van der Waals surface area contributed by atoms with Gasteiger partial charge in [-0.2, -0.15) is 0 Å². The molecule has 1 saturated heterocycles. The van der Waals surface area contributed by atoms with Crippen molar-refractivity contribution in [2.24, 2.45) is 0 Å². The van der Waals surface area contributed by atoms with E-state index in [1.54, 1.807) is 0 Å². The van der Waals surface area contributed by atoms with Crippen molar-refractivity contribution in [3.05, 3.63) is 0 Å². The summed E-state index contributed by atoms with van der Waals surface area (Å²) in [6, 6.07) is 1.52. The van der Waals surface area contributed by atoms with Crippen molar-refractivity contribution in [2.45, 2.75) is 39.3 Å². The van der Waals surface area contributed by atoms with Crippen LogP contribution in [-0.2, 0) is 0 Å². The summed E-state index contributed by atoms with van der Waals surface area (Å²) in [5, 5.41) is 0. The summed E-state index contributed by atoms with van der Waals surface area (Å²) >= 11 is 0. The Labute approximate surface area is 70.2 Å². The molecule has 0 spiro atoms. The fourth-order valence-corrected chi connectivity index (χ4v) is 2.17. The Kier molecular flexibility index (Phi) is 2.90. The van der Waals surface area contributed by atoms with Crippen LogP contribution in [0, 0.1) is 0 Å². The van der Waals surface area contributed by atoms with Gasteiger partial charge in [0.1, 0.15) is 0 Å². The van der Waals surface area contributed by atoms with Gasteiger partial charge in [0.15, 0.2) is 0 Å². The van der Waals surface area contributed by atoms with Crippen molar-refractivity contribution in [3.63, 3.8) is 0 Å². The number of hydrogen-bond acceptors (Lipinski definition) is 2. The highest BCUT2D eigenvalue weighted by Gasteiger charge is 2.31. The zero-order valence-corrected chi connectivity index (χ0v) is 8.17. The van der Waals surface area contributed by atoms with Gasteiger partial charge in [0.2, 0.25) is 0 Å². The third kappa shape index (κ3) is 1.57. The van der Waals surface area contributed by atoms with Gasteiger partial charge in [-0.3, -0.25) is 9.80 Å². The Balaban J connectivity index is 2.55. The van der Waals surface area contributed by atoms with E-state index in [0.717, 1.165) is 18.8 Å². The zero-order chi connectivity index (χ0) is 8.43. The number of nitrogens with zero attached hydrogens (tertiary/aromatic N) is 2. The van der Waals surface area contributed by atoms with Crippen LogP contribution >= 0.6 is 0 Å². The molecule has 0 amide bonds. The molecule has 0 aromatic rings. The van der Waals surface area contributed by atoms with Crippen molar-refractivity contribution in [2.75, 3.05) is 20.3 Å². The smallest absolute Gasteiger partial charge is 0.0509 e. The van der Waals surface area contributed by atoms with E-state index >= 15 is 0 Å². The highest BCUT2D eigenvalue weighted by molar-refractivity contribution is 4.86. The fourth-order valence-electron chi connectivity index (χ4n) is 2.17. The second-order valence-corrected chi connectivity index (χ2v) is 3.52. The molecule has 0 aromatic carbocycles. The lowest BCUT2D eigenvalue weighted by Crippen LogP contribution is -2.33. The first kappa shape index (κ1) is 9.01. The summed E-state index contributed by atoms with van der Waals surface area (Å²) in [7, 11) is 2.22. The van der Waals surface area contributed by atoms with Crippen molar-refractivity contribution in [1.29, 1.82) is 0 Å². The van der Waals surface area contributed by atoms with E-state index in [2.05, 4.69) is 37.6 Å². The number of rotatable bonds is 2. The average Bonchev–Trinajstić information content (AvgIpc) is 2.26. The standard InChI is InChI=1S/C9H20N2/c1-5-9-8(3)11(6-2)7-10(9)4/h8-9H,5-7H2,1-4H3. The molecular formula is C9H20N2. The molecule has 1 aliphatic heterocycles. The minimum absolute atomic E-state index is 0.745. The highest BCUT2D eigenvalue weighted by atomic mass is 15.4. The summed E-state index contributed by atoms with van der Waals surface area (Å²) in [5.41, 5.74) is 0. The predicted octanol–water partition coefficient (Wildman–Crippen LogP) is 1.38. The van der Waals surface area contributed by atoms with Crippen LogP contribution < -0.4 is 0 Å². The Morgan fingerprint density at radius 1 is 1.36 bits per heavy atom. The van der Waals surface area contributed by atoms with Crippen LogP contribution in [-0.4, -0.2) is 42.1 Å². The van der Waals surface area contributed by atoms with Crippen LogP contribution in [0.5, 0.6) is 0 Å². The van der Waals surface area contributed by atoms with E-state index in [9.17, 15) is 0 Å². The topological polar surface area (TPSA) is 6.48 Å². The molecule has 2 unspecified atom stereocenters. The van der Waals surface area contributed by atoms with Crippen molar-refractivity contribution in [1.82, 2.24) is 9.80 Å². The SMILES string of the molecule is CCC1C(C)N(CC)CN1C. The monoisotopic (exact) mass is 156 g/mol. The first-order valence-corrected chi connectivity index (χ1v) is 4.65. The van der Waals surface area contributed by atoms with E-state index in [1.807, 2.05) is 0 Å². The van der Waals surface area contributed by atoms with Crippen LogP contribution in [0.3, 0.4) is 0 Å². The third-order valence-electron chi connectivity index (χ3n) is 2.93. The van der Waals surface area contributed by atoms with Crippen LogP contribution in [0.15, 0.2) is 0 Å². The van der Waals surface area contributed by atoms with Gasteiger partial charge in [-0.05, 0) is 26.9 Å². The van der Waals surface area contributed by atoms with Crippen LogP contribution in [0.4, 0.5) is 0 Å². The maximum atomic E-state index is 2.52. The zero-order valence-electron chi connectivity index (χ0n) is 8.17. The molecule has 0 saturated carbocycles. The molecular weight excluding hydrogens is 136 g/mol. The summed E-state index contributed by atoms with van der Waals surface area (Å²) in [4.78, 5) is 4.97. The molecule has 0 radical (unpaired) electrons. The summed E-state index contributed by atoms with van der Waals surface area (Å²) in [5.74, 6) is 0. The van der Waals surface area contributed by atoms with Gasteiger partial charge in [0, 0.05) is 12.1 Å². The Bertz CT molecular complexity index is 125. The molecule has 1 heterocycles. The number of hydrogen-bond donors (Lipinski definition) is 0. The Hall–Kier alpha value is -0.0800. The second-order valence-electron chi connectivity index (χ2n) is 3.52. The second kappa shape index (κ2) is 3.55. The van der Waals surface area contributed by atoms with Gasteiger partial charge in [-0.1, -0.05) is 13.8 Å². The van der Waals surface area contributed by atoms with Gasteiger partial charge in [-0.15, -0.1) is 0 Å². The molecule has 2 heteroatoms. The van der Waals surface area contributed by atoms with Crippen LogP contribution in [0.25, 0.3) is 0 Å². The summed E-state index contributed by atoms with van der Waals surface area (Å²) in [6.07, 6.45) is 1.27. The molecule has 11 heavy (non-hydrogen) atoms. The normalized spacial score (nSPS) is 34.9. The van der Waals surface area contributed by atoms with Crippen molar-refractivity contribution >= 4 is 0 Å². The average molecular weight is 156 g/mol. The lowest BCUT2D eigenvalue weighted by molar-refractivity contribution is 0.255. The first-order valence-electron chi connectivity index (χ1n) is 4.65. The van der Waals surface area contributed by atoms with Gasteiger partial charge in [0.05, 0.1) is 6.67 Å². The lowest BCUT2D eigenvalue weighted by atomic mass is 10.1. The van der Waals surface area contributed by atoms with Crippen LogP contribution in [0.1, 0.15) is 27.2 Å². The molecule has 0 N–H and O–H groups in total. The molecule has 1 rings (SSSR count). The molecule has 1 aliphatic rings. The summed E-state index contributed by atoms with van der Waals surface area (Å²) in [6.45, 7) is 9.18. The van der Waals surface area contributed by atoms with Crippen molar-refractivity contribution in [3.8, 4) is 0 Å². The first-order chi connectivity index (χ1) is 5.20. The molecule has 1 fully saturated rings. The maximum absolute atomic E-state index is 2.52. The quantitative estimate of drug-likeness (QED) is 0.596. The van der Waals surface area contributed by atoms with E-state index in [-0.39, 0.29) is 0 Å². The predicted molar refractivity (Wildman–Crippen MR) is 48.6 cm³/mol. The third-order valence-corrected chi connectivity index (χ3v) is 2.93. The molecule has 0 aromatic heterocycles. The van der Waals surface area contributed by atoms with Gasteiger partial charge in [0.25, 0.3) is 0 Å². The molecule has 2 atom stereocenters. The molecule has 66 valence electrons. The van der Waals surface area contributed by atoms with E-state index in [0.29, 0.717) is 0 Å². The number of likely N-dealkylation sites (N-methyl/N-ethyl adjacent to an activating group) is 2. The van der Waals surface area contributed by atoms with Gasteiger partial charge >= 0.3 is 0 Å². The largest absolute Gasteiger partial charge is 0.289 e. The lowest BCUT2D eigenvalue weighted by Gasteiger charge is -2.21. The van der Waals surface area contributed by atoms with E-state index in [1.165, 1.54) is 13.0 Å². The Morgan fingerprint density at radius 3 is 2.27 bits per heavy atom. The van der Waals surface area contributed by atoms with Gasteiger partial charge < -0.3 is 0 Å². The molecule has 2 nitrogen and oxygen atoms in total. The molecule has 0 aliphatic carbocycles. The highest BCUT2D eigenvalue weighted by Crippen LogP contribution is 2.20. The minimum Gasteiger partial charge on any atom is -0.289 e. The van der Waals surface area contributed by atoms with E-state index < -0.39 is 0 Å². The Morgan fingerprint density at radius 2 is 2.00 bits per heavy atom. The molecule has 0 bridgehead atoms. The minimum atomic E-state index is 0.745. The maximum Gasteiger partial charge on any atom is 0.0509 e.